The highest BCUT2D eigenvalue weighted by Crippen LogP contribution is 2.29. The van der Waals surface area contributed by atoms with Crippen molar-refractivity contribution in [2.24, 2.45) is 0 Å². The summed E-state index contributed by atoms with van der Waals surface area (Å²) in [6.45, 7) is 3.82. The molecule has 108 valence electrons. The van der Waals surface area contributed by atoms with Gasteiger partial charge in [-0.2, -0.15) is 0 Å². The monoisotopic (exact) mass is 287 g/mol. The first-order chi connectivity index (χ1) is 8.99. The topological polar surface area (TPSA) is 72.9 Å². The van der Waals surface area contributed by atoms with Crippen LogP contribution in [0.15, 0.2) is 0 Å². The maximum Gasteiger partial charge on any atom is 0.327 e. The van der Waals surface area contributed by atoms with Gasteiger partial charge in [-0.3, -0.25) is 4.90 Å². The number of hydrogen-bond acceptors (Lipinski definition) is 4. The summed E-state index contributed by atoms with van der Waals surface area (Å²) in [5, 5.41) is 12.1. The number of thioether (sulfide) groups is 1. The lowest BCUT2D eigenvalue weighted by Gasteiger charge is -2.32. The molecule has 2 aliphatic rings. The molecule has 2 aliphatic heterocycles. The number of aliphatic carboxylic acids is 1. The molecular weight excluding hydrogens is 266 g/mol. The molecule has 2 atom stereocenters. The molecule has 2 rings (SSSR count). The van der Waals surface area contributed by atoms with E-state index in [1.54, 1.807) is 0 Å². The lowest BCUT2D eigenvalue weighted by atomic mass is 10.1. The second kappa shape index (κ2) is 6.00. The number of rotatable bonds is 2. The van der Waals surface area contributed by atoms with Crippen molar-refractivity contribution in [3.8, 4) is 0 Å². The van der Waals surface area contributed by atoms with Gasteiger partial charge in [-0.05, 0) is 39.9 Å². The molecule has 2 saturated heterocycles. The number of carbonyl (C=O) groups is 2. The van der Waals surface area contributed by atoms with Gasteiger partial charge in [-0.25, -0.2) is 9.59 Å². The van der Waals surface area contributed by atoms with Gasteiger partial charge in [0.1, 0.15) is 6.04 Å². The van der Waals surface area contributed by atoms with Gasteiger partial charge in [0.2, 0.25) is 0 Å². The van der Waals surface area contributed by atoms with Gasteiger partial charge < -0.3 is 15.3 Å². The van der Waals surface area contributed by atoms with Gasteiger partial charge in [-0.1, -0.05) is 0 Å². The summed E-state index contributed by atoms with van der Waals surface area (Å²) >= 11 is 1.51. The standard InChI is InChI=1S/C12H21N3O3S/c1-8-15(10(7-19-8)11(16)17)12(18)13-9-3-5-14(2)6-4-9/h8-10H,3-7H2,1-2H3,(H,13,18)(H,16,17). The van der Waals surface area contributed by atoms with Crippen LogP contribution < -0.4 is 5.32 Å². The second-order valence-electron chi connectivity index (χ2n) is 5.22. The molecule has 0 radical (unpaired) electrons. The van der Waals surface area contributed by atoms with E-state index >= 15 is 0 Å². The van der Waals surface area contributed by atoms with Crippen molar-refractivity contribution in [2.45, 2.75) is 37.2 Å². The van der Waals surface area contributed by atoms with Gasteiger partial charge in [0.15, 0.2) is 0 Å². The molecule has 0 saturated carbocycles. The molecule has 0 aliphatic carbocycles. The Morgan fingerprint density at radius 2 is 1.95 bits per heavy atom. The van der Waals surface area contributed by atoms with Crippen LogP contribution in [0.1, 0.15) is 19.8 Å². The van der Waals surface area contributed by atoms with Crippen LogP contribution in [0.2, 0.25) is 0 Å². The average Bonchev–Trinajstić information content (AvgIpc) is 2.74. The van der Waals surface area contributed by atoms with Crippen LogP contribution in [0.25, 0.3) is 0 Å². The van der Waals surface area contributed by atoms with E-state index in [4.69, 9.17) is 5.11 Å². The number of amides is 2. The molecule has 0 bridgehead atoms. The Bertz CT molecular complexity index is 358. The summed E-state index contributed by atoms with van der Waals surface area (Å²) in [6.07, 6.45) is 1.85. The number of carboxylic acid groups (broad SMARTS) is 1. The van der Waals surface area contributed by atoms with Crippen LogP contribution in [0.5, 0.6) is 0 Å². The van der Waals surface area contributed by atoms with E-state index in [2.05, 4.69) is 17.3 Å². The predicted molar refractivity (Wildman–Crippen MR) is 74.2 cm³/mol. The number of carbonyl (C=O) groups excluding carboxylic acids is 1. The normalized spacial score (nSPS) is 29.5. The minimum absolute atomic E-state index is 0.0765. The Balaban J connectivity index is 1.93. The molecule has 6 nitrogen and oxygen atoms in total. The lowest BCUT2D eigenvalue weighted by Crippen LogP contribution is -2.53. The van der Waals surface area contributed by atoms with E-state index in [9.17, 15) is 9.59 Å². The minimum Gasteiger partial charge on any atom is -0.480 e. The van der Waals surface area contributed by atoms with Crippen LogP contribution in [-0.4, -0.2) is 70.3 Å². The van der Waals surface area contributed by atoms with Crippen LogP contribution in [0.3, 0.4) is 0 Å². The Hall–Kier alpha value is -0.950. The fraction of sp³-hybridized carbons (Fsp3) is 0.833. The fourth-order valence-electron chi connectivity index (χ4n) is 2.54. The highest BCUT2D eigenvalue weighted by Gasteiger charge is 2.40. The molecule has 0 aromatic rings. The first-order valence-electron chi connectivity index (χ1n) is 6.61. The minimum atomic E-state index is -0.921. The Morgan fingerprint density at radius 1 is 1.32 bits per heavy atom. The fourth-order valence-corrected chi connectivity index (χ4v) is 3.71. The van der Waals surface area contributed by atoms with Gasteiger partial charge in [0.25, 0.3) is 0 Å². The summed E-state index contributed by atoms with van der Waals surface area (Å²) in [4.78, 5) is 27.1. The van der Waals surface area contributed by atoms with E-state index in [1.807, 2.05) is 6.92 Å². The first kappa shape index (κ1) is 14.5. The average molecular weight is 287 g/mol. The number of urea groups is 1. The van der Waals surface area contributed by atoms with Crippen molar-refractivity contribution in [3.05, 3.63) is 0 Å². The van der Waals surface area contributed by atoms with Crippen molar-refractivity contribution >= 4 is 23.8 Å². The molecule has 19 heavy (non-hydrogen) atoms. The van der Waals surface area contributed by atoms with Gasteiger partial charge in [-0.15, -0.1) is 11.8 Å². The van der Waals surface area contributed by atoms with Crippen LogP contribution >= 0.6 is 11.8 Å². The molecule has 0 aromatic heterocycles. The highest BCUT2D eigenvalue weighted by molar-refractivity contribution is 8.00. The third-order valence-corrected chi connectivity index (χ3v) is 5.01. The second-order valence-corrected chi connectivity index (χ2v) is 6.57. The van der Waals surface area contributed by atoms with Crippen molar-refractivity contribution in [1.82, 2.24) is 15.1 Å². The van der Waals surface area contributed by atoms with E-state index in [1.165, 1.54) is 16.7 Å². The zero-order chi connectivity index (χ0) is 14.0. The van der Waals surface area contributed by atoms with E-state index in [0.29, 0.717) is 5.75 Å². The smallest absolute Gasteiger partial charge is 0.327 e. The molecule has 2 amide bonds. The number of hydrogen-bond donors (Lipinski definition) is 2. The van der Waals surface area contributed by atoms with Crippen LogP contribution in [0, 0.1) is 0 Å². The number of piperidine rings is 1. The van der Waals surface area contributed by atoms with Crippen LogP contribution in [-0.2, 0) is 4.79 Å². The Labute approximate surface area is 117 Å². The summed E-state index contributed by atoms with van der Waals surface area (Å²) in [5.41, 5.74) is 0. The van der Waals surface area contributed by atoms with Crippen molar-refractivity contribution in [1.29, 1.82) is 0 Å². The third kappa shape index (κ3) is 3.33. The maximum atomic E-state index is 12.2. The van der Waals surface area contributed by atoms with Gasteiger partial charge in [0, 0.05) is 11.8 Å². The largest absolute Gasteiger partial charge is 0.480 e. The van der Waals surface area contributed by atoms with Crippen molar-refractivity contribution < 1.29 is 14.7 Å². The molecule has 2 unspecified atom stereocenters. The number of likely N-dealkylation sites (tertiary alicyclic amines) is 1. The summed E-state index contributed by atoms with van der Waals surface area (Å²) in [7, 11) is 2.07. The first-order valence-corrected chi connectivity index (χ1v) is 7.65. The quantitative estimate of drug-likeness (QED) is 0.780. The van der Waals surface area contributed by atoms with E-state index in [-0.39, 0.29) is 17.4 Å². The zero-order valence-electron chi connectivity index (χ0n) is 11.3. The number of carboxylic acids is 1. The third-order valence-electron chi connectivity index (χ3n) is 3.79. The maximum absolute atomic E-state index is 12.2. The van der Waals surface area contributed by atoms with Gasteiger partial charge >= 0.3 is 12.0 Å². The summed E-state index contributed by atoms with van der Waals surface area (Å²) in [5.74, 6) is -0.451. The Morgan fingerprint density at radius 3 is 2.53 bits per heavy atom. The molecule has 7 heteroatoms. The summed E-state index contributed by atoms with van der Waals surface area (Å²) < 4.78 is 0. The molecule has 2 fully saturated rings. The van der Waals surface area contributed by atoms with Crippen molar-refractivity contribution in [2.75, 3.05) is 25.9 Å². The molecule has 0 aromatic carbocycles. The molecule has 2 N–H and O–H groups in total. The van der Waals surface area contributed by atoms with Gasteiger partial charge in [0.05, 0.1) is 5.37 Å². The zero-order valence-corrected chi connectivity index (χ0v) is 12.2. The van der Waals surface area contributed by atoms with Crippen LogP contribution in [0.4, 0.5) is 4.79 Å². The summed E-state index contributed by atoms with van der Waals surface area (Å²) in [6, 6.07) is -0.776. The number of nitrogens with one attached hydrogen (secondary N) is 1. The predicted octanol–water partition coefficient (Wildman–Crippen LogP) is 0.638. The van der Waals surface area contributed by atoms with E-state index in [0.717, 1.165) is 25.9 Å². The number of nitrogens with zero attached hydrogens (tertiary/aromatic N) is 2. The molecule has 0 spiro atoms. The van der Waals surface area contributed by atoms with E-state index < -0.39 is 12.0 Å². The molecular formula is C12H21N3O3S. The highest BCUT2D eigenvalue weighted by atomic mass is 32.2. The SMILES string of the molecule is CC1SCC(C(=O)O)N1C(=O)NC1CCN(C)CC1. The molecule has 2 heterocycles. The van der Waals surface area contributed by atoms with Crippen molar-refractivity contribution in [3.63, 3.8) is 0 Å². The lowest BCUT2D eigenvalue weighted by molar-refractivity contribution is -0.141. The Kier molecular flexibility index (Phi) is 4.57.